The molecule has 2 aromatic carbocycles. The highest BCUT2D eigenvalue weighted by atomic mass is 16.6. The highest BCUT2D eigenvalue weighted by molar-refractivity contribution is 5.92. The smallest absolute Gasteiger partial charge is 0.410 e. The molecule has 1 aliphatic heterocycles. The molecular formula is C29H29N5O2. The van der Waals surface area contributed by atoms with Gasteiger partial charge in [-0.2, -0.15) is 0 Å². The van der Waals surface area contributed by atoms with Crippen molar-refractivity contribution >= 4 is 22.9 Å². The predicted molar refractivity (Wildman–Crippen MR) is 140 cm³/mol. The van der Waals surface area contributed by atoms with E-state index in [1.807, 2.05) is 53.8 Å². The number of aryl methyl sites for hydroxylation is 1. The quantitative estimate of drug-likeness (QED) is 0.346. The summed E-state index contributed by atoms with van der Waals surface area (Å²) in [6.07, 6.45) is 6.42. The second-order valence-corrected chi connectivity index (χ2v) is 9.76. The van der Waals surface area contributed by atoms with E-state index < -0.39 is 0 Å². The van der Waals surface area contributed by atoms with Gasteiger partial charge in [0.1, 0.15) is 6.61 Å². The summed E-state index contributed by atoms with van der Waals surface area (Å²) in [6, 6.07) is 18.3. The van der Waals surface area contributed by atoms with Crippen LogP contribution in [0.1, 0.15) is 36.1 Å². The molecular weight excluding hydrogens is 450 g/mol. The number of H-pyrrole nitrogens is 1. The van der Waals surface area contributed by atoms with E-state index >= 15 is 0 Å². The number of nitrogens with zero attached hydrogens (tertiary/aromatic N) is 4. The molecule has 7 heteroatoms. The number of hydrogen-bond acceptors (Lipinski definition) is 4. The van der Waals surface area contributed by atoms with Crippen LogP contribution in [0, 0.1) is 12.8 Å². The summed E-state index contributed by atoms with van der Waals surface area (Å²) >= 11 is 0. The molecule has 0 radical (unpaired) electrons. The molecule has 2 unspecified atom stereocenters. The monoisotopic (exact) mass is 479 g/mol. The molecule has 0 aliphatic carbocycles. The summed E-state index contributed by atoms with van der Waals surface area (Å²) in [6.45, 7) is 5.92. The van der Waals surface area contributed by atoms with Gasteiger partial charge in [0, 0.05) is 42.7 Å². The van der Waals surface area contributed by atoms with Crippen LogP contribution in [-0.4, -0.2) is 43.4 Å². The number of piperidine rings is 1. The number of nitrogens with one attached hydrogen (secondary N) is 1. The van der Waals surface area contributed by atoms with E-state index in [1.165, 1.54) is 5.56 Å². The molecule has 4 heterocycles. The Morgan fingerprint density at radius 1 is 1.11 bits per heavy atom. The van der Waals surface area contributed by atoms with Crippen molar-refractivity contribution in [3.63, 3.8) is 0 Å². The first-order valence-corrected chi connectivity index (χ1v) is 12.4. The number of hydrogen-bond donors (Lipinski definition) is 1. The standard InChI is InChI=1S/C29H29N5O2/c1-19-7-6-10-22(13-19)23-14-31-28-27(23)34-25(15-30-26(34)16-32-28)24-17-33(12-11-20(24)2)29(35)36-18-21-8-4-3-5-9-21/h3-10,13-16,20,24,31H,11-12,17-18H2,1-2H3. The molecule has 1 aliphatic rings. The van der Waals surface area contributed by atoms with Crippen LogP contribution in [0.15, 0.2) is 73.2 Å². The highest BCUT2D eigenvalue weighted by Gasteiger charge is 2.33. The van der Waals surface area contributed by atoms with Crippen LogP contribution >= 0.6 is 0 Å². The van der Waals surface area contributed by atoms with Crippen LogP contribution in [0.4, 0.5) is 4.79 Å². The minimum atomic E-state index is -0.265. The molecule has 1 N–H and O–H groups in total. The van der Waals surface area contributed by atoms with Crippen LogP contribution in [0.2, 0.25) is 0 Å². The van der Waals surface area contributed by atoms with E-state index in [1.54, 1.807) is 0 Å². The fraction of sp³-hybridized carbons (Fsp3) is 0.276. The number of likely N-dealkylation sites (tertiary alicyclic amines) is 1. The van der Waals surface area contributed by atoms with Gasteiger partial charge in [0.25, 0.3) is 0 Å². The van der Waals surface area contributed by atoms with Gasteiger partial charge < -0.3 is 14.6 Å². The number of ether oxygens (including phenoxy) is 1. The average molecular weight is 480 g/mol. The molecule has 182 valence electrons. The maximum atomic E-state index is 13.0. The molecule has 36 heavy (non-hydrogen) atoms. The number of aromatic amines is 1. The van der Waals surface area contributed by atoms with E-state index in [9.17, 15) is 4.79 Å². The van der Waals surface area contributed by atoms with Gasteiger partial charge in [0.15, 0.2) is 11.3 Å². The lowest BCUT2D eigenvalue weighted by atomic mass is 9.85. The third-order valence-electron chi connectivity index (χ3n) is 7.31. The zero-order valence-corrected chi connectivity index (χ0v) is 20.5. The summed E-state index contributed by atoms with van der Waals surface area (Å²) < 4.78 is 7.87. The second-order valence-electron chi connectivity index (χ2n) is 9.76. The van der Waals surface area contributed by atoms with Crippen LogP contribution in [0.3, 0.4) is 0 Å². The van der Waals surface area contributed by atoms with E-state index in [0.717, 1.165) is 45.6 Å². The first-order valence-electron chi connectivity index (χ1n) is 12.4. The van der Waals surface area contributed by atoms with Crippen molar-refractivity contribution in [2.24, 2.45) is 5.92 Å². The molecule has 0 bridgehead atoms. The molecule has 1 saturated heterocycles. The number of imidazole rings is 1. The van der Waals surface area contributed by atoms with Gasteiger partial charge in [-0.1, -0.05) is 67.1 Å². The molecule has 7 nitrogen and oxygen atoms in total. The van der Waals surface area contributed by atoms with Gasteiger partial charge >= 0.3 is 6.09 Å². The largest absolute Gasteiger partial charge is 0.445 e. The van der Waals surface area contributed by atoms with Gasteiger partial charge in [0.05, 0.1) is 11.7 Å². The lowest BCUT2D eigenvalue weighted by molar-refractivity contribution is 0.0777. The topological polar surface area (TPSA) is 75.5 Å². The Bertz CT molecular complexity index is 1540. The number of benzene rings is 2. The zero-order valence-electron chi connectivity index (χ0n) is 20.5. The van der Waals surface area contributed by atoms with Gasteiger partial charge in [-0.05, 0) is 30.4 Å². The zero-order chi connectivity index (χ0) is 24.6. The Morgan fingerprint density at radius 2 is 1.97 bits per heavy atom. The Kier molecular flexibility index (Phi) is 5.68. The Labute approximate surface area is 209 Å². The fourth-order valence-electron chi connectivity index (χ4n) is 5.29. The lowest BCUT2D eigenvalue weighted by Crippen LogP contribution is -2.42. The van der Waals surface area contributed by atoms with Crippen molar-refractivity contribution < 1.29 is 9.53 Å². The fourth-order valence-corrected chi connectivity index (χ4v) is 5.29. The number of rotatable bonds is 4. The van der Waals surface area contributed by atoms with Gasteiger partial charge in [-0.15, -0.1) is 0 Å². The first-order chi connectivity index (χ1) is 17.6. The molecule has 0 spiro atoms. The van der Waals surface area contributed by atoms with E-state index in [-0.39, 0.29) is 18.6 Å². The number of amides is 1. The number of carbonyl (C=O) groups excluding carboxylic acids is 1. The third kappa shape index (κ3) is 4.00. The first kappa shape index (κ1) is 22.3. The summed E-state index contributed by atoms with van der Waals surface area (Å²) in [4.78, 5) is 27.5. The maximum absolute atomic E-state index is 13.0. The Balaban J connectivity index is 1.34. The van der Waals surface area contributed by atoms with E-state index in [2.05, 4.69) is 52.5 Å². The van der Waals surface area contributed by atoms with Gasteiger partial charge in [0.2, 0.25) is 0 Å². The minimum Gasteiger partial charge on any atom is -0.445 e. The third-order valence-corrected chi connectivity index (χ3v) is 7.31. The average Bonchev–Trinajstić information content (AvgIpc) is 3.52. The van der Waals surface area contributed by atoms with Crippen molar-refractivity contribution in [3.05, 3.63) is 90.0 Å². The van der Waals surface area contributed by atoms with Crippen LogP contribution in [0.5, 0.6) is 0 Å². The van der Waals surface area contributed by atoms with Crippen molar-refractivity contribution in [1.29, 1.82) is 0 Å². The molecule has 6 rings (SSSR count). The normalized spacial score (nSPS) is 18.1. The molecule has 3 aromatic heterocycles. The van der Waals surface area contributed by atoms with E-state index in [0.29, 0.717) is 19.0 Å². The summed E-state index contributed by atoms with van der Waals surface area (Å²) in [5.74, 6) is 0.525. The van der Waals surface area contributed by atoms with Crippen LogP contribution < -0.4 is 0 Å². The lowest BCUT2D eigenvalue weighted by Gasteiger charge is -2.36. The minimum absolute atomic E-state index is 0.129. The molecule has 5 aromatic rings. The van der Waals surface area contributed by atoms with Crippen molar-refractivity contribution in [2.75, 3.05) is 13.1 Å². The highest BCUT2D eigenvalue weighted by Crippen LogP contribution is 2.36. The number of carbonyl (C=O) groups is 1. The Morgan fingerprint density at radius 3 is 2.81 bits per heavy atom. The second kappa shape index (κ2) is 9.15. The molecule has 0 saturated carbocycles. The molecule has 1 fully saturated rings. The maximum Gasteiger partial charge on any atom is 0.410 e. The van der Waals surface area contributed by atoms with Crippen molar-refractivity contribution in [3.8, 4) is 11.1 Å². The predicted octanol–water partition coefficient (Wildman–Crippen LogP) is 5.95. The summed E-state index contributed by atoms with van der Waals surface area (Å²) in [5.41, 5.74) is 8.16. The summed E-state index contributed by atoms with van der Waals surface area (Å²) in [7, 11) is 0. The van der Waals surface area contributed by atoms with Crippen molar-refractivity contribution in [1.82, 2.24) is 24.3 Å². The van der Waals surface area contributed by atoms with Gasteiger partial charge in [-0.3, -0.25) is 4.40 Å². The SMILES string of the molecule is Cc1cccc(-c2c[nH]c3ncc4ncc(C5CN(C(=O)OCc6ccccc6)CCC5C)n4c23)c1. The summed E-state index contributed by atoms with van der Waals surface area (Å²) in [5, 5.41) is 0. The Hall–Kier alpha value is -4.13. The number of aromatic nitrogens is 4. The molecule has 1 amide bonds. The van der Waals surface area contributed by atoms with Gasteiger partial charge in [-0.25, -0.2) is 14.8 Å². The van der Waals surface area contributed by atoms with Crippen molar-refractivity contribution in [2.45, 2.75) is 32.8 Å². The van der Waals surface area contributed by atoms with Crippen LogP contribution in [-0.2, 0) is 11.3 Å². The molecule has 2 atom stereocenters. The van der Waals surface area contributed by atoms with Crippen LogP contribution in [0.25, 0.3) is 27.9 Å². The van der Waals surface area contributed by atoms with E-state index in [4.69, 9.17) is 9.72 Å². The number of fused-ring (bicyclic) bond motifs is 3.